The van der Waals surface area contributed by atoms with Crippen LogP contribution < -0.4 is 0 Å². The van der Waals surface area contributed by atoms with E-state index < -0.39 is 0 Å². The van der Waals surface area contributed by atoms with Crippen LogP contribution in [-0.2, 0) is 0 Å². The van der Waals surface area contributed by atoms with Gasteiger partial charge < -0.3 is 9.13 Å². The molecule has 0 atom stereocenters. The van der Waals surface area contributed by atoms with E-state index in [9.17, 15) is 10.5 Å². The SMILES string of the molecule is N#Cc1ccc(-n2c3ccccc3c3cccc(C#N)c32)c(-c2ccc(-c3ccc(-n4c5ccccc5c5ccccc54)cc3)cc2)c1. The monoisotopic (exact) mass is 610 g/mol. The first-order valence-corrected chi connectivity index (χ1v) is 15.9. The maximum atomic E-state index is 10.1. The molecule has 7 aromatic carbocycles. The second kappa shape index (κ2) is 10.9. The molecular weight excluding hydrogens is 585 g/mol. The Balaban J connectivity index is 1.14. The number of hydrogen-bond donors (Lipinski definition) is 0. The zero-order valence-corrected chi connectivity index (χ0v) is 25.8. The Kier molecular flexibility index (Phi) is 6.22. The molecule has 0 radical (unpaired) electrons. The maximum Gasteiger partial charge on any atom is 0.101 e. The summed E-state index contributed by atoms with van der Waals surface area (Å²) in [4.78, 5) is 0. The number of nitriles is 2. The zero-order chi connectivity index (χ0) is 32.2. The fourth-order valence-electron chi connectivity index (χ4n) is 7.24. The minimum atomic E-state index is 0.583. The Bertz CT molecular complexity index is 2730. The molecule has 2 aromatic heterocycles. The topological polar surface area (TPSA) is 57.4 Å². The molecular formula is C44H26N4. The molecule has 0 unspecified atom stereocenters. The van der Waals surface area contributed by atoms with Crippen LogP contribution in [0.25, 0.3) is 77.2 Å². The number of benzene rings is 7. The van der Waals surface area contributed by atoms with Crippen molar-refractivity contribution in [3.05, 3.63) is 169 Å². The van der Waals surface area contributed by atoms with Crippen LogP contribution in [0.15, 0.2) is 158 Å². The number of nitrogens with zero attached hydrogens (tertiary/aromatic N) is 4. The number of rotatable bonds is 4. The molecule has 0 fully saturated rings. The highest BCUT2D eigenvalue weighted by atomic mass is 15.0. The normalized spacial score (nSPS) is 11.3. The number of hydrogen-bond acceptors (Lipinski definition) is 2. The van der Waals surface area contributed by atoms with Crippen LogP contribution in [0.2, 0.25) is 0 Å². The number of fused-ring (bicyclic) bond motifs is 6. The Morgan fingerprint density at radius 1 is 0.417 bits per heavy atom. The standard InChI is InChI=1S/C44H26N4/c45-27-29-16-25-43(48-42-15-6-3-11-37(42)38-12-7-8-33(28-46)44(38)48)39(26-29)32-19-17-30(18-20-32)31-21-23-34(24-22-31)47-40-13-4-1-9-35(40)36-10-2-5-14-41(36)47/h1-26H. The summed E-state index contributed by atoms with van der Waals surface area (Å²) >= 11 is 0. The van der Waals surface area contributed by atoms with E-state index >= 15 is 0 Å². The molecule has 0 spiro atoms. The predicted octanol–water partition coefficient (Wildman–Crippen LogP) is 11.0. The zero-order valence-electron chi connectivity index (χ0n) is 25.8. The first-order chi connectivity index (χ1) is 23.7. The summed E-state index contributed by atoms with van der Waals surface area (Å²) in [5.74, 6) is 0. The van der Waals surface area contributed by atoms with E-state index in [1.807, 2.05) is 42.5 Å². The van der Waals surface area contributed by atoms with Gasteiger partial charge in [0.2, 0.25) is 0 Å². The molecule has 0 saturated heterocycles. The molecule has 0 N–H and O–H groups in total. The van der Waals surface area contributed by atoms with Crippen LogP contribution in [0.3, 0.4) is 0 Å². The molecule has 9 rings (SSSR count). The largest absolute Gasteiger partial charge is 0.309 e. The van der Waals surface area contributed by atoms with Crippen molar-refractivity contribution in [3.8, 4) is 45.8 Å². The Morgan fingerprint density at radius 2 is 0.938 bits per heavy atom. The molecule has 0 bridgehead atoms. The van der Waals surface area contributed by atoms with Gasteiger partial charge in [-0.25, -0.2) is 0 Å². The molecule has 0 aliphatic rings. The first-order valence-electron chi connectivity index (χ1n) is 15.9. The van der Waals surface area contributed by atoms with Gasteiger partial charge in [-0.05, 0) is 71.3 Å². The highest BCUT2D eigenvalue weighted by Gasteiger charge is 2.19. The number of aromatic nitrogens is 2. The quantitative estimate of drug-likeness (QED) is 0.199. The van der Waals surface area contributed by atoms with E-state index in [0.717, 1.165) is 55.4 Å². The Morgan fingerprint density at radius 3 is 1.54 bits per heavy atom. The molecule has 0 aliphatic carbocycles. The lowest BCUT2D eigenvalue weighted by Crippen LogP contribution is -1.99. The van der Waals surface area contributed by atoms with Gasteiger partial charge in [-0.2, -0.15) is 10.5 Å². The van der Waals surface area contributed by atoms with E-state index in [1.165, 1.54) is 21.8 Å². The van der Waals surface area contributed by atoms with Gasteiger partial charge in [0.25, 0.3) is 0 Å². The van der Waals surface area contributed by atoms with E-state index in [2.05, 4.69) is 137 Å². The third-order valence-electron chi connectivity index (χ3n) is 9.42. The van der Waals surface area contributed by atoms with Crippen molar-refractivity contribution in [2.75, 3.05) is 0 Å². The summed E-state index contributed by atoms with van der Waals surface area (Å²) < 4.78 is 4.49. The van der Waals surface area contributed by atoms with Gasteiger partial charge in [-0.15, -0.1) is 0 Å². The van der Waals surface area contributed by atoms with Gasteiger partial charge in [-0.1, -0.05) is 103 Å². The van der Waals surface area contributed by atoms with Crippen LogP contribution in [0, 0.1) is 22.7 Å². The second-order valence-electron chi connectivity index (χ2n) is 12.0. The van der Waals surface area contributed by atoms with E-state index in [0.29, 0.717) is 11.1 Å². The maximum absolute atomic E-state index is 10.1. The van der Waals surface area contributed by atoms with E-state index in [-0.39, 0.29) is 0 Å². The minimum absolute atomic E-state index is 0.583. The van der Waals surface area contributed by atoms with Gasteiger partial charge in [-0.3, -0.25) is 0 Å². The van der Waals surface area contributed by atoms with Crippen molar-refractivity contribution in [1.29, 1.82) is 10.5 Å². The van der Waals surface area contributed by atoms with Crippen LogP contribution in [0.5, 0.6) is 0 Å². The van der Waals surface area contributed by atoms with E-state index in [4.69, 9.17) is 0 Å². The van der Waals surface area contributed by atoms with Gasteiger partial charge in [0.1, 0.15) is 6.07 Å². The summed E-state index contributed by atoms with van der Waals surface area (Å²) in [6, 6.07) is 59.0. The predicted molar refractivity (Wildman–Crippen MR) is 195 cm³/mol. The summed E-state index contributed by atoms with van der Waals surface area (Å²) in [5.41, 5.74) is 11.7. The van der Waals surface area contributed by atoms with Crippen LogP contribution >= 0.6 is 0 Å². The summed E-state index contributed by atoms with van der Waals surface area (Å²) in [6.07, 6.45) is 0. The summed E-state index contributed by atoms with van der Waals surface area (Å²) in [5, 5.41) is 24.6. The minimum Gasteiger partial charge on any atom is -0.309 e. The molecule has 4 heteroatoms. The molecule has 4 nitrogen and oxygen atoms in total. The average molecular weight is 611 g/mol. The van der Waals surface area contributed by atoms with Crippen molar-refractivity contribution in [1.82, 2.24) is 9.13 Å². The Labute approximate surface area is 277 Å². The molecule has 222 valence electrons. The lowest BCUT2D eigenvalue weighted by atomic mass is 9.97. The van der Waals surface area contributed by atoms with Crippen molar-refractivity contribution < 1.29 is 0 Å². The first kappa shape index (κ1) is 27.4. The van der Waals surface area contributed by atoms with E-state index in [1.54, 1.807) is 0 Å². The fourth-order valence-corrected chi connectivity index (χ4v) is 7.24. The third kappa shape index (κ3) is 4.14. The van der Waals surface area contributed by atoms with Crippen molar-refractivity contribution in [2.45, 2.75) is 0 Å². The van der Waals surface area contributed by atoms with Crippen molar-refractivity contribution in [2.24, 2.45) is 0 Å². The molecule has 0 saturated carbocycles. The molecule has 0 amide bonds. The van der Waals surface area contributed by atoms with Crippen LogP contribution in [0.1, 0.15) is 11.1 Å². The number of para-hydroxylation sites is 4. The molecule has 48 heavy (non-hydrogen) atoms. The average Bonchev–Trinajstić information content (AvgIpc) is 3.68. The summed E-state index contributed by atoms with van der Waals surface area (Å²) in [7, 11) is 0. The Hall–Kier alpha value is -6.88. The lowest BCUT2D eigenvalue weighted by Gasteiger charge is -2.15. The smallest absolute Gasteiger partial charge is 0.101 e. The fraction of sp³-hybridized carbons (Fsp3) is 0. The second-order valence-corrected chi connectivity index (χ2v) is 12.0. The van der Waals surface area contributed by atoms with Gasteiger partial charge in [0.05, 0.1) is 45.0 Å². The van der Waals surface area contributed by atoms with Crippen molar-refractivity contribution in [3.63, 3.8) is 0 Å². The molecule has 2 heterocycles. The van der Waals surface area contributed by atoms with Gasteiger partial charge in [0.15, 0.2) is 0 Å². The third-order valence-corrected chi connectivity index (χ3v) is 9.42. The summed E-state index contributed by atoms with van der Waals surface area (Å²) in [6.45, 7) is 0. The van der Waals surface area contributed by atoms with Crippen LogP contribution in [-0.4, -0.2) is 9.13 Å². The molecule has 0 aliphatic heterocycles. The highest BCUT2D eigenvalue weighted by Crippen LogP contribution is 2.39. The highest BCUT2D eigenvalue weighted by molar-refractivity contribution is 6.11. The van der Waals surface area contributed by atoms with Crippen molar-refractivity contribution >= 4 is 43.6 Å². The molecule has 9 aromatic rings. The lowest BCUT2D eigenvalue weighted by molar-refractivity contribution is 1.17. The van der Waals surface area contributed by atoms with Crippen LogP contribution in [0.4, 0.5) is 0 Å². The van der Waals surface area contributed by atoms with Gasteiger partial charge in [0, 0.05) is 32.8 Å². The van der Waals surface area contributed by atoms with Gasteiger partial charge >= 0.3 is 0 Å².